The third-order valence-electron chi connectivity index (χ3n) is 5.17. The number of carbonyl (C=O) groups is 1. The topological polar surface area (TPSA) is 69.9 Å². The second-order valence-electron chi connectivity index (χ2n) is 7.73. The van der Waals surface area contributed by atoms with Crippen molar-refractivity contribution in [3.63, 3.8) is 0 Å². The van der Waals surface area contributed by atoms with Gasteiger partial charge in [-0.1, -0.05) is 30.3 Å². The molecule has 30 heavy (non-hydrogen) atoms. The van der Waals surface area contributed by atoms with Gasteiger partial charge in [-0.05, 0) is 49.7 Å². The van der Waals surface area contributed by atoms with E-state index in [2.05, 4.69) is 5.32 Å². The van der Waals surface area contributed by atoms with Gasteiger partial charge in [-0.25, -0.2) is 4.79 Å². The number of anilines is 1. The van der Waals surface area contributed by atoms with Crippen molar-refractivity contribution in [2.75, 3.05) is 12.4 Å². The lowest BCUT2D eigenvalue weighted by atomic mass is 9.87. The molecule has 0 fully saturated rings. The third-order valence-corrected chi connectivity index (χ3v) is 5.17. The Balaban J connectivity index is 1.69. The molecule has 0 spiro atoms. The lowest BCUT2D eigenvalue weighted by molar-refractivity contribution is -0.144. The molecule has 0 bridgehead atoms. The number of esters is 1. The minimum Gasteiger partial charge on any atom is -0.483 e. The average molecular weight is 407 g/mol. The number of furan rings is 1. The summed E-state index contributed by atoms with van der Waals surface area (Å²) in [5.41, 5.74) is 1.97. The van der Waals surface area contributed by atoms with E-state index in [4.69, 9.17) is 18.6 Å². The van der Waals surface area contributed by atoms with Crippen molar-refractivity contribution < 1.29 is 23.4 Å². The molecule has 0 saturated heterocycles. The summed E-state index contributed by atoms with van der Waals surface area (Å²) in [4.78, 5) is 12.7. The van der Waals surface area contributed by atoms with Gasteiger partial charge >= 0.3 is 5.97 Å². The summed E-state index contributed by atoms with van der Waals surface area (Å²) >= 11 is 0. The highest BCUT2D eigenvalue weighted by molar-refractivity contribution is 5.86. The second-order valence-corrected chi connectivity index (χ2v) is 7.73. The number of carbonyl (C=O) groups excluding carboxylic acids is 1. The van der Waals surface area contributed by atoms with E-state index < -0.39 is 23.8 Å². The number of hydrogen-bond acceptors (Lipinski definition) is 6. The maximum absolute atomic E-state index is 12.7. The van der Waals surface area contributed by atoms with E-state index in [0.29, 0.717) is 12.4 Å². The summed E-state index contributed by atoms with van der Waals surface area (Å²) in [6.45, 7) is 4.15. The Morgan fingerprint density at radius 2 is 1.90 bits per heavy atom. The van der Waals surface area contributed by atoms with Gasteiger partial charge in [0.25, 0.3) is 0 Å². The summed E-state index contributed by atoms with van der Waals surface area (Å²) in [6.07, 6.45) is 0.242. The molecule has 0 saturated carbocycles. The van der Waals surface area contributed by atoms with Crippen molar-refractivity contribution >= 4 is 11.7 Å². The van der Waals surface area contributed by atoms with Gasteiger partial charge in [-0.3, -0.25) is 0 Å². The SMILES string of the molecule is CNc1ccc2c(c1)C(OCc1ccccc1)C(OC(=O)c1ccco1)C(C)(C)O2. The fourth-order valence-corrected chi connectivity index (χ4v) is 3.60. The highest BCUT2D eigenvalue weighted by Crippen LogP contribution is 2.44. The van der Waals surface area contributed by atoms with Crippen LogP contribution in [0.5, 0.6) is 5.75 Å². The summed E-state index contributed by atoms with van der Waals surface area (Å²) < 4.78 is 23.7. The number of hydrogen-bond donors (Lipinski definition) is 1. The summed E-state index contributed by atoms with van der Waals surface area (Å²) in [6, 6.07) is 18.9. The first-order chi connectivity index (χ1) is 14.5. The normalized spacial score (nSPS) is 19.4. The summed E-state index contributed by atoms with van der Waals surface area (Å²) in [5, 5.41) is 3.14. The molecule has 156 valence electrons. The van der Waals surface area contributed by atoms with Gasteiger partial charge in [0.1, 0.15) is 17.5 Å². The Hall–Kier alpha value is -3.25. The van der Waals surface area contributed by atoms with Crippen molar-refractivity contribution in [3.05, 3.63) is 83.8 Å². The molecule has 2 heterocycles. The molecule has 2 aromatic carbocycles. The molecule has 3 aromatic rings. The molecular formula is C24H25NO5. The quantitative estimate of drug-likeness (QED) is 0.582. The van der Waals surface area contributed by atoms with Crippen molar-refractivity contribution in [1.29, 1.82) is 0 Å². The van der Waals surface area contributed by atoms with Crippen molar-refractivity contribution in [2.24, 2.45) is 0 Å². The Labute approximate surface area is 175 Å². The predicted octanol–water partition coefficient (Wildman–Crippen LogP) is 4.98. The smallest absolute Gasteiger partial charge is 0.374 e. The van der Waals surface area contributed by atoms with E-state index in [1.165, 1.54) is 6.26 Å². The first-order valence-electron chi connectivity index (χ1n) is 9.88. The highest BCUT2D eigenvalue weighted by atomic mass is 16.6. The van der Waals surface area contributed by atoms with Crippen molar-refractivity contribution in [1.82, 2.24) is 0 Å². The number of benzene rings is 2. The minimum atomic E-state index is -0.808. The van der Waals surface area contributed by atoms with Crippen molar-refractivity contribution in [3.8, 4) is 5.75 Å². The van der Waals surface area contributed by atoms with Crippen LogP contribution < -0.4 is 10.1 Å². The average Bonchev–Trinajstić information content (AvgIpc) is 3.29. The Bertz CT molecular complexity index is 998. The van der Waals surface area contributed by atoms with Crippen LogP contribution in [0, 0.1) is 0 Å². The fourth-order valence-electron chi connectivity index (χ4n) is 3.60. The number of ether oxygens (including phenoxy) is 3. The van der Waals surface area contributed by atoms with E-state index in [-0.39, 0.29) is 5.76 Å². The van der Waals surface area contributed by atoms with E-state index in [1.54, 1.807) is 12.1 Å². The highest BCUT2D eigenvalue weighted by Gasteiger charge is 2.47. The molecule has 1 aliphatic heterocycles. The van der Waals surface area contributed by atoms with Crippen LogP contribution >= 0.6 is 0 Å². The Morgan fingerprint density at radius 1 is 1.10 bits per heavy atom. The number of nitrogens with one attached hydrogen (secondary N) is 1. The monoisotopic (exact) mass is 407 g/mol. The maximum atomic E-state index is 12.7. The summed E-state index contributed by atoms with van der Waals surface area (Å²) in [5.74, 6) is 0.299. The van der Waals surface area contributed by atoms with Crippen LogP contribution in [-0.4, -0.2) is 24.7 Å². The molecule has 6 nitrogen and oxygen atoms in total. The molecule has 0 radical (unpaired) electrons. The van der Waals surface area contributed by atoms with Crippen LogP contribution in [-0.2, 0) is 16.1 Å². The van der Waals surface area contributed by atoms with E-state index in [1.807, 2.05) is 69.4 Å². The van der Waals surface area contributed by atoms with Crippen LogP contribution in [0.3, 0.4) is 0 Å². The van der Waals surface area contributed by atoms with Crippen LogP contribution in [0.25, 0.3) is 0 Å². The molecule has 4 rings (SSSR count). The molecule has 0 amide bonds. The fraction of sp³-hybridized carbons (Fsp3) is 0.292. The second kappa shape index (κ2) is 8.24. The lowest BCUT2D eigenvalue weighted by Crippen LogP contribution is -2.51. The standard InChI is InChI=1S/C24H25NO5/c1-24(2)22(29-23(26)20-10-7-13-27-20)21(28-15-16-8-5-4-6-9-16)18-14-17(25-3)11-12-19(18)30-24/h4-14,21-22,25H,15H2,1-3H3. The molecule has 1 N–H and O–H groups in total. The van der Waals surface area contributed by atoms with Crippen molar-refractivity contribution in [2.45, 2.75) is 38.3 Å². The first kappa shape index (κ1) is 20.0. The van der Waals surface area contributed by atoms with E-state index in [0.717, 1.165) is 16.8 Å². The van der Waals surface area contributed by atoms with E-state index in [9.17, 15) is 4.79 Å². The van der Waals surface area contributed by atoms with Gasteiger partial charge < -0.3 is 23.9 Å². The van der Waals surface area contributed by atoms with Gasteiger partial charge in [-0.2, -0.15) is 0 Å². The predicted molar refractivity (Wildman–Crippen MR) is 113 cm³/mol. The third kappa shape index (κ3) is 4.04. The van der Waals surface area contributed by atoms with Crippen LogP contribution in [0.1, 0.15) is 41.6 Å². The molecule has 0 aliphatic carbocycles. The zero-order chi connectivity index (χ0) is 21.1. The molecule has 1 aromatic heterocycles. The molecule has 6 heteroatoms. The Kier molecular flexibility index (Phi) is 5.50. The largest absolute Gasteiger partial charge is 0.483 e. The zero-order valence-electron chi connectivity index (χ0n) is 17.3. The van der Waals surface area contributed by atoms with Crippen LogP contribution in [0.15, 0.2) is 71.3 Å². The number of fused-ring (bicyclic) bond motifs is 1. The number of rotatable bonds is 6. The van der Waals surface area contributed by atoms with Crippen LogP contribution in [0.4, 0.5) is 5.69 Å². The van der Waals surface area contributed by atoms with E-state index >= 15 is 0 Å². The molecule has 1 aliphatic rings. The Morgan fingerprint density at radius 3 is 2.60 bits per heavy atom. The van der Waals surface area contributed by atoms with Gasteiger partial charge in [0.2, 0.25) is 5.76 Å². The van der Waals surface area contributed by atoms with Gasteiger partial charge in [0.05, 0.1) is 12.9 Å². The molecule has 2 unspecified atom stereocenters. The van der Waals surface area contributed by atoms with Crippen LogP contribution in [0.2, 0.25) is 0 Å². The first-order valence-corrected chi connectivity index (χ1v) is 9.88. The van der Waals surface area contributed by atoms with Gasteiger partial charge in [0, 0.05) is 18.3 Å². The minimum absolute atomic E-state index is 0.141. The molecule has 2 atom stereocenters. The molecular weight excluding hydrogens is 382 g/mol. The maximum Gasteiger partial charge on any atom is 0.374 e. The van der Waals surface area contributed by atoms with Gasteiger partial charge in [-0.15, -0.1) is 0 Å². The van der Waals surface area contributed by atoms with Gasteiger partial charge in [0.15, 0.2) is 6.10 Å². The summed E-state index contributed by atoms with van der Waals surface area (Å²) in [7, 11) is 1.85. The lowest BCUT2D eigenvalue weighted by Gasteiger charge is -2.43. The zero-order valence-corrected chi connectivity index (χ0v) is 17.3.